The number of tetrazole rings is 1. The molecule has 0 unspecified atom stereocenters. The maximum absolute atomic E-state index is 12.4. The van der Waals surface area contributed by atoms with Crippen molar-refractivity contribution >= 4 is 11.6 Å². The summed E-state index contributed by atoms with van der Waals surface area (Å²) in [5.74, 6) is 0.673. The number of rotatable bonds is 6. The van der Waals surface area contributed by atoms with Gasteiger partial charge >= 0.3 is 6.01 Å². The Bertz CT molecular complexity index is 851. The lowest BCUT2D eigenvalue weighted by molar-refractivity contribution is 0.102. The third-order valence-corrected chi connectivity index (χ3v) is 3.13. The van der Waals surface area contributed by atoms with E-state index in [1.165, 1.54) is 14.2 Å². The van der Waals surface area contributed by atoms with E-state index >= 15 is 0 Å². The van der Waals surface area contributed by atoms with Gasteiger partial charge in [-0.05, 0) is 35.5 Å². The fourth-order valence-electron chi connectivity index (χ4n) is 1.97. The third kappa shape index (κ3) is 3.80. The Morgan fingerprint density at radius 1 is 1.08 bits per heavy atom. The molecule has 0 saturated carbocycles. The quantitative estimate of drug-likeness (QED) is 0.693. The predicted molar refractivity (Wildman–Crippen MR) is 86.0 cm³/mol. The molecule has 3 aromatic rings. The molecule has 0 spiro atoms. The number of hydrogen-bond acceptors (Lipinski definition) is 8. The van der Waals surface area contributed by atoms with Gasteiger partial charge in [-0.1, -0.05) is 10.2 Å². The van der Waals surface area contributed by atoms with Crippen molar-refractivity contribution in [2.24, 2.45) is 0 Å². The number of amides is 1. The number of nitrogens with zero attached hydrogens (tertiary/aromatic N) is 4. The molecule has 0 aliphatic heterocycles. The summed E-state index contributed by atoms with van der Waals surface area (Å²) in [6.07, 6.45) is 0. The monoisotopic (exact) mass is 342 g/mol. The van der Waals surface area contributed by atoms with Crippen LogP contribution >= 0.6 is 0 Å². The molecule has 0 aliphatic carbocycles. The smallest absolute Gasteiger partial charge is 0.361 e. The van der Waals surface area contributed by atoms with E-state index in [1.807, 2.05) is 0 Å². The van der Waals surface area contributed by atoms with E-state index in [-0.39, 0.29) is 23.4 Å². The summed E-state index contributed by atoms with van der Waals surface area (Å²) < 4.78 is 15.5. The third-order valence-electron chi connectivity index (χ3n) is 3.13. The number of carbonyl (C=O) groups is 1. The van der Waals surface area contributed by atoms with E-state index in [2.05, 4.69) is 30.9 Å². The molecule has 10 heteroatoms. The average molecular weight is 342 g/mol. The van der Waals surface area contributed by atoms with E-state index in [9.17, 15) is 4.79 Å². The highest BCUT2D eigenvalue weighted by molar-refractivity contribution is 6.05. The molecule has 10 nitrogen and oxygen atoms in total. The lowest BCUT2D eigenvalue weighted by Gasteiger charge is -2.10. The molecule has 1 amide bonds. The van der Waals surface area contributed by atoms with Crippen LogP contribution < -0.4 is 19.5 Å². The van der Waals surface area contributed by atoms with Crippen molar-refractivity contribution in [3.05, 3.63) is 42.0 Å². The van der Waals surface area contributed by atoms with Crippen LogP contribution in [-0.4, -0.2) is 45.7 Å². The molecule has 2 N–H and O–H groups in total. The van der Waals surface area contributed by atoms with E-state index in [4.69, 9.17) is 14.2 Å². The van der Waals surface area contributed by atoms with Crippen molar-refractivity contribution in [3.63, 3.8) is 0 Å². The lowest BCUT2D eigenvalue weighted by Crippen LogP contribution is -2.14. The summed E-state index contributed by atoms with van der Waals surface area (Å²) in [5, 5.41) is 15.8. The first kappa shape index (κ1) is 16.2. The molecule has 25 heavy (non-hydrogen) atoms. The van der Waals surface area contributed by atoms with Gasteiger partial charge in [-0.25, -0.2) is 0 Å². The number of nitrogens with one attached hydrogen (secondary N) is 2. The number of aromatic nitrogens is 5. The summed E-state index contributed by atoms with van der Waals surface area (Å²) in [6, 6.07) is 9.94. The van der Waals surface area contributed by atoms with Crippen molar-refractivity contribution in [2.45, 2.75) is 0 Å². The van der Waals surface area contributed by atoms with Gasteiger partial charge in [0.05, 0.1) is 14.2 Å². The minimum Gasteiger partial charge on any atom is -0.481 e. The Morgan fingerprint density at radius 3 is 2.52 bits per heavy atom. The highest BCUT2D eigenvalue weighted by Crippen LogP contribution is 2.23. The van der Waals surface area contributed by atoms with Crippen molar-refractivity contribution in [1.29, 1.82) is 0 Å². The molecule has 0 aliphatic rings. The zero-order valence-corrected chi connectivity index (χ0v) is 13.4. The number of aromatic amines is 1. The number of anilines is 1. The van der Waals surface area contributed by atoms with Gasteiger partial charge in [0.1, 0.15) is 11.3 Å². The van der Waals surface area contributed by atoms with Crippen molar-refractivity contribution in [2.75, 3.05) is 19.5 Å². The topological polar surface area (TPSA) is 124 Å². The molecular weight excluding hydrogens is 328 g/mol. The molecule has 128 valence electrons. The molecule has 0 radical (unpaired) electrons. The summed E-state index contributed by atoms with van der Waals surface area (Å²) in [7, 11) is 2.92. The molecule has 0 atom stereocenters. The maximum atomic E-state index is 12.4. The van der Waals surface area contributed by atoms with Crippen LogP contribution in [0.2, 0.25) is 0 Å². The SMILES string of the molecule is COc1ccc(C(=O)Nc2ccc(Oc3nn[nH]n3)cc2)c(OC)n1. The fraction of sp³-hybridized carbons (Fsp3) is 0.133. The van der Waals surface area contributed by atoms with E-state index in [0.29, 0.717) is 17.3 Å². The van der Waals surface area contributed by atoms with Gasteiger partial charge in [-0.2, -0.15) is 10.2 Å². The first-order valence-corrected chi connectivity index (χ1v) is 7.11. The van der Waals surface area contributed by atoms with Crippen LogP contribution in [0.25, 0.3) is 0 Å². The number of H-pyrrole nitrogens is 1. The fourth-order valence-corrected chi connectivity index (χ4v) is 1.97. The van der Waals surface area contributed by atoms with E-state index in [0.717, 1.165) is 0 Å². The summed E-state index contributed by atoms with van der Waals surface area (Å²) in [6.45, 7) is 0. The van der Waals surface area contributed by atoms with Gasteiger partial charge in [-0.3, -0.25) is 4.79 Å². The van der Waals surface area contributed by atoms with Gasteiger partial charge in [0.15, 0.2) is 0 Å². The van der Waals surface area contributed by atoms with Gasteiger partial charge < -0.3 is 19.5 Å². The van der Waals surface area contributed by atoms with Crippen molar-refractivity contribution < 1.29 is 19.0 Å². The van der Waals surface area contributed by atoms with Gasteiger partial charge in [0, 0.05) is 11.8 Å². The Kier molecular flexibility index (Phi) is 4.69. The van der Waals surface area contributed by atoms with Crippen LogP contribution in [0.4, 0.5) is 5.69 Å². The van der Waals surface area contributed by atoms with E-state index < -0.39 is 0 Å². The van der Waals surface area contributed by atoms with Crippen LogP contribution in [0.3, 0.4) is 0 Å². The molecule has 0 saturated heterocycles. The molecule has 1 aromatic carbocycles. The largest absolute Gasteiger partial charge is 0.481 e. The average Bonchev–Trinajstić information content (AvgIpc) is 3.15. The highest BCUT2D eigenvalue weighted by atomic mass is 16.5. The van der Waals surface area contributed by atoms with Gasteiger partial charge in [0.2, 0.25) is 11.8 Å². The van der Waals surface area contributed by atoms with Crippen molar-refractivity contribution in [1.82, 2.24) is 25.6 Å². The van der Waals surface area contributed by atoms with Crippen molar-refractivity contribution in [3.8, 4) is 23.5 Å². The van der Waals surface area contributed by atoms with Crippen LogP contribution in [0.1, 0.15) is 10.4 Å². The summed E-state index contributed by atoms with van der Waals surface area (Å²) in [4.78, 5) is 16.5. The van der Waals surface area contributed by atoms with Crippen LogP contribution in [0.15, 0.2) is 36.4 Å². The molecule has 0 fully saturated rings. The van der Waals surface area contributed by atoms with Crippen LogP contribution in [-0.2, 0) is 0 Å². The Balaban J connectivity index is 1.70. The lowest BCUT2D eigenvalue weighted by atomic mass is 10.2. The Hall–Kier alpha value is -3.69. The normalized spacial score (nSPS) is 10.2. The minimum absolute atomic E-state index is 0.103. The van der Waals surface area contributed by atoms with Gasteiger partial charge in [-0.15, -0.1) is 0 Å². The Morgan fingerprint density at radius 2 is 1.88 bits per heavy atom. The molecular formula is C15H14N6O4. The van der Waals surface area contributed by atoms with Gasteiger partial charge in [0.25, 0.3) is 5.91 Å². The minimum atomic E-state index is -0.362. The number of carbonyl (C=O) groups excluding carboxylic acids is 1. The second kappa shape index (κ2) is 7.25. The zero-order chi connectivity index (χ0) is 17.6. The number of pyridine rings is 1. The zero-order valence-electron chi connectivity index (χ0n) is 13.4. The number of hydrogen-bond donors (Lipinski definition) is 2. The summed E-state index contributed by atoms with van der Waals surface area (Å²) >= 11 is 0. The summed E-state index contributed by atoms with van der Waals surface area (Å²) in [5.41, 5.74) is 0.860. The first-order chi connectivity index (χ1) is 12.2. The predicted octanol–water partition coefficient (Wildman–Crippen LogP) is 1.66. The maximum Gasteiger partial charge on any atom is 0.361 e. The van der Waals surface area contributed by atoms with Crippen LogP contribution in [0, 0.1) is 0 Å². The van der Waals surface area contributed by atoms with E-state index in [1.54, 1.807) is 36.4 Å². The second-order valence-electron chi connectivity index (χ2n) is 4.69. The second-order valence-corrected chi connectivity index (χ2v) is 4.69. The van der Waals surface area contributed by atoms with Crippen LogP contribution in [0.5, 0.6) is 23.5 Å². The molecule has 3 rings (SSSR count). The Labute approximate surface area is 142 Å². The number of methoxy groups -OCH3 is 2. The molecule has 2 aromatic heterocycles. The molecule has 2 heterocycles. The highest BCUT2D eigenvalue weighted by Gasteiger charge is 2.15. The number of benzene rings is 1. The number of ether oxygens (including phenoxy) is 3. The molecule has 0 bridgehead atoms. The standard InChI is InChI=1S/C15H14N6O4/c1-23-12-8-7-11(14(17-12)24-2)13(22)16-9-3-5-10(6-4-9)25-15-18-20-21-19-15/h3-8H,1-2H3,(H,16,22)(H,18,19,20,21). The first-order valence-electron chi connectivity index (χ1n) is 7.11.